The van der Waals surface area contributed by atoms with E-state index in [1.54, 1.807) is 19.1 Å². The fourth-order valence-corrected chi connectivity index (χ4v) is 3.83. The molecule has 24 heavy (non-hydrogen) atoms. The van der Waals surface area contributed by atoms with Crippen molar-refractivity contribution in [3.63, 3.8) is 0 Å². The molecule has 1 heterocycles. The smallest absolute Gasteiger partial charge is 0.142 e. The minimum atomic E-state index is 0.884. The van der Waals surface area contributed by atoms with Gasteiger partial charge in [-0.2, -0.15) is 0 Å². The summed E-state index contributed by atoms with van der Waals surface area (Å²) in [5.74, 6) is 1.84. The second kappa shape index (κ2) is 7.90. The molecule has 2 aromatic rings. The van der Waals surface area contributed by atoms with E-state index in [0.29, 0.717) is 0 Å². The molecule has 1 aliphatic rings. The van der Waals surface area contributed by atoms with Crippen molar-refractivity contribution in [1.29, 1.82) is 0 Å². The van der Waals surface area contributed by atoms with Crippen LogP contribution in [0.2, 0.25) is 0 Å². The lowest BCUT2D eigenvalue weighted by molar-refractivity contribution is -0.914. The van der Waals surface area contributed by atoms with Crippen molar-refractivity contribution in [2.45, 2.75) is 6.54 Å². The highest BCUT2D eigenvalue weighted by atomic mass is 79.9. The van der Waals surface area contributed by atoms with E-state index in [1.807, 2.05) is 18.2 Å². The van der Waals surface area contributed by atoms with E-state index in [2.05, 4.69) is 45.1 Å². The summed E-state index contributed by atoms with van der Waals surface area (Å²) in [6.07, 6.45) is 0. The molecule has 0 atom stereocenters. The SMILES string of the molecule is COc1ccc(C[NH+]2CCN(c3ccccc3OC)CC2)cc1Br. The molecule has 1 aliphatic heterocycles. The Bertz CT molecular complexity index is 685. The van der Waals surface area contributed by atoms with Gasteiger partial charge in [-0.1, -0.05) is 12.1 Å². The minimum Gasteiger partial charge on any atom is -0.496 e. The molecule has 0 spiro atoms. The Morgan fingerprint density at radius 2 is 1.71 bits per heavy atom. The Morgan fingerprint density at radius 3 is 2.38 bits per heavy atom. The Morgan fingerprint density at radius 1 is 1.00 bits per heavy atom. The van der Waals surface area contributed by atoms with Crippen molar-refractivity contribution in [2.24, 2.45) is 0 Å². The third kappa shape index (κ3) is 3.84. The minimum absolute atomic E-state index is 0.884. The zero-order valence-electron chi connectivity index (χ0n) is 14.2. The number of hydrogen-bond acceptors (Lipinski definition) is 3. The van der Waals surface area contributed by atoms with Crippen LogP contribution in [0.4, 0.5) is 5.69 Å². The highest BCUT2D eigenvalue weighted by Gasteiger charge is 2.22. The molecule has 0 bridgehead atoms. The average molecular weight is 392 g/mol. The number of rotatable bonds is 5. The van der Waals surface area contributed by atoms with Crippen LogP contribution < -0.4 is 19.3 Å². The van der Waals surface area contributed by atoms with Crippen molar-refractivity contribution < 1.29 is 14.4 Å². The monoisotopic (exact) mass is 391 g/mol. The average Bonchev–Trinajstić information content (AvgIpc) is 2.62. The van der Waals surface area contributed by atoms with E-state index >= 15 is 0 Å². The van der Waals surface area contributed by atoms with Gasteiger partial charge >= 0.3 is 0 Å². The van der Waals surface area contributed by atoms with Gasteiger partial charge in [0.1, 0.15) is 18.0 Å². The van der Waals surface area contributed by atoms with Gasteiger partial charge in [-0.05, 0) is 46.3 Å². The second-order valence-electron chi connectivity index (χ2n) is 6.05. The standard InChI is InChI=1S/C19H23BrN2O2/c1-23-18-8-7-15(13-16(18)20)14-21-9-11-22(12-10-21)17-5-3-4-6-19(17)24-2/h3-8,13H,9-12,14H2,1-2H3/p+1. The molecule has 5 heteroatoms. The molecule has 0 aromatic heterocycles. The normalized spacial score (nSPS) is 15.4. The Balaban J connectivity index is 1.60. The summed E-state index contributed by atoms with van der Waals surface area (Å²) in [6, 6.07) is 14.6. The molecule has 1 fully saturated rings. The molecule has 1 N–H and O–H groups in total. The van der Waals surface area contributed by atoms with Gasteiger partial charge in [0, 0.05) is 5.56 Å². The van der Waals surface area contributed by atoms with Gasteiger partial charge in [0.05, 0.1) is 50.6 Å². The molecule has 1 saturated heterocycles. The molecule has 0 radical (unpaired) electrons. The number of quaternary nitrogens is 1. The van der Waals surface area contributed by atoms with Gasteiger partial charge in [0.15, 0.2) is 0 Å². The van der Waals surface area contributed by atoms with E-state index in [1.165, 1.54) is 11.3 Å². The maximum absolute atomic E-state index is 5.49. The molecular weight excluding hydrogens is 368 g/mol. The summed E-state index contributed by atoms with van der Waals surface area (Å²) >= 11 is 3.57. The van der Waals surface area contributed by atoms with Gasteiger partial charge in [-0.15, -0.1) is 0 Å². The van der Waals surface area contributed by atoms with Crippen LogP contribution in [0.3, 0.4) is 0 Å². The van der Waals surface area contributed by atoms with Gasteiger partial charge in [0.25, 0.3) is 0 Å². The highest BCUT2D eigenvalue weighted by Crippen LogP contribution is 2.27. The number of hydrogen-bond donors (Lipinski definition) is 1. The van der Waals surface area contributed by atoms with Crippen LogP contribution in [0, 0.1) is 0 Å². The molecule has 128 valence electrons. The lowest BCUT2D eigenvalue weighted by Gasteiger charge is -2.34. The third-order valence-corrected chi connectivity index (χ3v) is 5.19. The number of nitrogens with one attached hydrogen (secondary N) is 1. The molecular formula is C19H24BrN2O2+. The molecule has 3 rings (SSSR count). The largest absolute Gasteiger partial charge is 0.496 e. The van der Waals surface area contributed by atoms with Crippen LogP contribution in [0.25, 0.3) is 0 Å². The number of halogens is 1. The first-order valence-corrected chi connectivity index (χ1v) is 9.04. The Kier molecular flexibility index (Phi) is 5.63. The predicted octanol–water partition coefficient (Wildman–Crippen LogP) is 2.37. The van der Waals surface area contributed by atoms with Crippen LogP contribution in [0.1, 0.15) is 5.56 Å². The van der Waals surface area contributed by atoms with E-state index in [-0.39, 0.29) is 0 Å². The first kappa shape index (κ1) is 17.1. The fraction of sp³-hybridized carbons (Fsp3) is 0.368. The Labute approximate surface area is 152 Å². The third-order valence-electron chi connectivity index (χ3n) is 4.57. The molecule has 0 unspecified atom stereocenters. The van der Waals surface area contributed by atoms with Crippen LogP contribution in [-0.4, -0.2) is 40.4 Å². The maximum atomic E-state index is 5.49. The number of ether oxygens (including phenoxy) is 2. The maximum Gasteiger partial charge on any atom is 0.142 e. The fourth-order valence-electron chi connectivity index (χ4n) is 3.24. The van der Waals surface area contributed by atoms with Crippen molar-refractivity contribution >= 4 is 21.6 Å². The van der Waals surface area contributed by atoms with Crippen LogP contribution in [0.5, 0.6) is 11.5 Å². The Hall–Kier alpha value is -1.72. The van der Waals surface area contributed by atoms with Crippen LogP contribution in [0.15, 0.2) is 46.9 Å². The summed E-state index contributed by atoms with van der Waals surface area (Å²) in [5.41, 5.74) is 2.54. The number of benzene rings is 2. The molecule has 0 aliphatic carbocycles. The summed E-state index contributed by atoms with van der Waals surface area (Å²) in [4.78, 5) is 4.03. The van der Waals surface area contributed by atoms with Crippen LogP contribution in [-0.2, 0) is 6.54 Å². The van der Waals surface area contributed by atoms with Crippen molar-refractivity contribution in [3.05, 3.63) is 52.5 Å². The number of methoxy groups -OCH3 is 2. The summed E-state index contributed by atoms with van der Waals surface area (Å²) < 4.78 is 11.8. The van der Waals surface area contributed by atoms with Gasteiger partial charge in [-0.25, -0.2) is 0 Å². The van der Waals surface area contributed by atoms with E-state index in [9.17, 15) is 0 Å². The van der Waals surface area contributed by atoms with Crippen LogP contribution >= 0.6 is 15.9 Å². The lowest BCUT2D eigenvalue weighted by Crippen LogP contribution is -3.13. The first-order chi connectivity index (χ1) is 11.7. The quantitative estimate of drug-likeness (QED) is 0.847. The molecule has 4 nitrogen and oxygen atoms in total. The molecule has 0 saturated carbocycles. The van der Waals surface area contributed by atoms with Gasteiger partial charge < -0.3 is 19.3 Å². The summed E-state index contributed by atoms with van der Waals surface area (Å²) in [6.45, 7) is 5.39. The number of para-hydroxylation sites is 2. The highest BCUT2D eigenvalue weighted by molar-refractivity contribution is 9.10. The molecule has 0 amide bonds. The topological polar surface area (TPSA) is 26.1 Å². The van der Waals surface area contributed by atoms with E-state index in [4.69, 9.17) is 9.47 Å². The zero-order chi connectivity index (χ0) is 16.9. The number of nitrogens with zero attached hydrogens (tertiary/aromatic N) is 1. The lowest BCUT2D eigenvalue weighted by atomic mass is 10.1. The zero-order valence-corrected chi connectivity index (χ0v) is 15.8. The van der Waals surface area contributed by atoms with E-state index < -0.39 is 0 Å². The number of anilines is 1. The van der Waals surface area contributed by atoms with Gasteiger partial charge in [-0.3, -0.25) is 0 Å². The van der Waals surface area contributed by atoms with Crippen molar-refractivity contribution in [1.82, 2.24) is 0 Å². The van der Waals surface area contributed by atoms with Gasteiger partial charge in [0.2, 0.25) is 0 Å². The predicted molar refractivity (Wildman–Crippen MR) is 100 cm³/mol. The first-order valence-electron chi connectivity index (χ1n) is 8.25. The second-order valence-corrected chi connectivity index (χ2v) is 6.91. The van der Waals surface area contributed by atoms with E-state index in [0.717, 1.165) is 48.7 Å². The number of piperazine rings is 1. The summed E-state index contributed by atoms with van der Waals surface area (Å²) in [7, 11) is 3.43. The summed E-state index contributed by atoms with van der Waals surface area (Å²) in [5, 5.41) is 0. The van der Waals surface area contributed by atoms with Crippen molar-refractivity contribution in [3.8, 4) is 11.5 Å². The van der Waals surface area contributed by atoms with Crippen molar-refractivity contribution in [2.75, 3.05) is 45.3 Å². The molecule has 2 aromatic carbocycles.